The van der Waals surface area contributed by atoms with Crippen molar-refractivity contribution in [2.45, 2.75) is 57.5 Å². The lowest BCUT2D eigenvalue weighted by Gasteiger charge is -2.42. The second-order valence-corrected chi connectivity index (χ2v) is 6.68. The average molecular weight is 325 g/mol. The van der Waals surface area contributed by atoms with E-state index in [4.69, 9.17) is 5.11 Å². The van der Waals surface area contributed by atoms with Gasteiger partial charge in [0.25, 0.3) is 0 Å². The van der Waals surface area contributed by atoms with Gasteiger partial charge in [-0.1, -0.05) is 6.92 Å². The lowest BCUT2D eigenvalue weighted by atomic mass is 9.85. The van der Waals surface area contributed by atoms with Crippen molar-refractivity contribution in [2.24, 2.45) is 5.92 Å². The van der Waals surface area contributed by atoms with Crippen molar-refractivity contribution in [1.82, 2.24) is 15.5 Å². The molecule has 7 heteroatoms. The molecular formula is C16H27N3O4. The molecule has 0 saturated heterocycles. The Hall–Kier alpha value is -1.63. The van der Waals surface area contributed by atoms with Gasteiger partial charge in [0.2, 0.25) is 11.8 Å². The Balaban J connectivity index is 1.65. The molecule has 2 fully saturated rings. The van der Waals surface area contributed by atoms with Crippen molar-refractivity contribution in [1.29, 1.82) is 0 Å². The third-order valence-corrected chi connectivity index (χ3v) is 4.45. The maximum atomic E-state index is 11.8. The summed E-state index contributed by atoms with van der Waals surface area (Å²) in [6, 6.07) is 0.331. The number of hydrogen-bond donors (Lipinski definition) is 3. The molecule has 0 aromatic rings. The summed E-state index contributed by atoms with van der Waals surface area (Å²) >= 11 is 0. The van der Waals surface area contributed by atoms with Gasteiger partial charge in [-0.25, -0.2) is 0 Å². The van der Waals surface area contributed by atoms with Crippen LogP contribution in [0.5, 0.6) is 0 Å². The summed E-state index contributed by atoms with van der Waals surface area (Å²) in [5.74, 6) is -0.426. The molecule has 7 nitrogen and oxygen atoms in total. The highest BCUT2D eigenvalue weighted by Gasteiger charge is 2.37. The summed E-state index contributed by atoms with van der Waals surface area (Å²) in [6.45, 7) is 2.86. The van der Waals surface area contributed by atoms with Gasteiger partial charge in [0.1, 0.15) is 0 Å². The highest BCUT2D eigenvalue weighted by molar-refractivity contribution is 5.84. The molecule has 0 aromatic heterocycles. The van der Waals surface area contributed by atoms with Crippen LogP contribution < -0.4 is 10.6 Å². The van der Waals surface area contributed by atoms with Crippen LogP contribution in [0.25, 0.3) is 0 Å². The van der Waals surface area contributed by atoms with E-state index in [1.54, 1.807) is 0 Å². The van der Waals surface area contributed by atoms with E-state index in [-0.39, 0.29) is 37.0 Å². The first-order valence-corrected chi connectivity index (χ1v) is 8.49. The van der Waals surface area contributed by atoms with E-state index < -0.39 is 5.97 Å². The van der Waals surface area contributed by atoms with Gasteiger partial charge in [0.05, 0.1) is 13.1 Å². The second kappa shape index (κ2) is 8.29. The van der Waals surface area contributed by atoms with Gasteiger partial charge in [-0.15, -0.1) is 0 Å². The molecular weight excluding hydrogens is 298 g/mol. The van der Waals surface area contributed by atoms with Crippen molar-refractivity contribution in [3.63, 3.8) is 0 Å². The van der Waals surface area contributed by atoms with Crippen molar-refractivity contribution in [2.75, 3.05) is 19.6 Å². The molecule has 2 amide bonds. The molecule has 0 aromatic carbocycles. The number of hydrogen-bond acceptors (Lipinski definition) is 4. The molecule has 130 valence electrons. The standard InChI is InChI=1S/C16H27N3O4/c1-2-3-14(20)17-8-15(21)18-12-6-13(7-12)19(10-16(22)23)9-11-4-5-11/h11-13H,2-10H2,1H3,(H,17,20)(H,18,21)(H,22,23). The van der Waals surface area contributed by atoms with E-state index in [2.05, 4.69) is 10.6 Å². The number of rotatable bonds is 10. The van der Waals surface area contributed by atoms with E-state index in [0.717, 1.165) is 25.8 Å². The lowest BCUT2D eigenvalue weighted by Crippen LogP contribution is -2.56. The van der Waals surface area contributed by atoms with E-state index in [1.165, 1.54) is 12.8 Å². The fourth-order valence-corrected chi connectivity index (χ4v) is 2.93. The Bertz CT molecular complexity index is 445. The number of carbonyl (C=O) groups is 3. The van der Waals surface area contributed by atoms with E-state index >= 15 is 0 Å². The fourth-order valence-electron chi connectivity index (χ4n) is 2.93. The maximum Gasteiger partial charge on any atom is 0.317 e. The quantitative estimate of drug-likeness (QED) is 0.538. The Morgan fingerprint density at radius 2 is 1.87 bits per heavy atom. The molecule has 0 bridgehead atoms. The number of nitrogens with zero attached hydrogens (tertiary/aromatic N) is 1. The number of carbonyl (C=O) groups excluding carboxylic acids is 2. The monoisotopic (exact) mass is 325 g/mol. The lowest BCUT2D eigenvalue weighted by molar-refractivity contribution is -0.140. The van der Waals surface area contributed by atoms with Gasteiger partial charge in [0.15, 0.2) is 0 Å². The number of carboxylic acid groups (broad SMARTS) is 1. The third-order valence-electron chi connectivity index (χ3n) is 4.45. The van der Waals surface area contributed by atoms with Crippen LogP contribution in [0.15, 0.2) is 0 Å². The Morgan fingerprint density at radius 3 is 2.43 bits per heavy atom. The average Bonchev–Trinajstić information content (AvgIpc) is 3.23. The molecule has 0 spiro atoms. The minimum atomic E-state index is -0.795. The van der Waals surface area contributed by atoms with Gasteiger partial charge in [0, 0.05) is 25.0 Å². The van der Waals surface area contributed by atoms with E-state index in [1.807, 2.05) is 11.8 Å². The first-order chi connectivity index (χ1) is 11.0. The number of carboxylic acids is 1. The SMILES string of the molecule is CCCC(=O)NCC(=O)NC1CC(N(CC(=O)O)CC2CC2)C1. The predicted molar refractivity (Wildman–Crippen MR) is 84.8 cm³/mol. The van der Waals surface area contributed by atoms with Crippen molar-refractivity contribution in [3.05, 3.63) is 0 Å². The minimum Gasteiger partial charge on any atom is -0.480 e. The van der Waals surface area contributed by atoms with Crippen LogP contribution in [0.2, 0.25) is 0 Å². The van der Waals surface area contributed by atoms with Gasteiger partial charge in [-0.05, 0) is 38.0 Å². The zero-order valence-electron chi connectivity index (χ0n) is 13.7. The van der Waals surface area contributed by atoms with Crippen molar-refractivity contribution >= 4 is 17.8 Å². The van der Waals surface area contributed by atoms with Crippen molar-refractivity contribution < 1.29 is 19.5 Å². The summed E-state index contributed by atoms with van der Waals surface area (Å²) in [5, 5.41) is 14.5. The van der Waals surface area contributed by atoms with Crippen molar-refractivity contribution in [3.8, 4) is 0 Å². The highest BCUT2D eigenvalue weighted by atomic mass is 16.4. The topological polar surface area (TPSA) is 98.7 Å². The fraction of sp³-hybridized carbons (Fsp3) is 0.812. The largest absolute Gasteiger partial charge is 0.480 e. The highest BCUT2D eigenvalue weighted by Crippen LogP contribution is 2.33. The van der Waals surface area contributed by atoms with Crippen LogP contribution in [-0.4, -0.2) is 59.5 Å². The molecule has 0 atom stereocenters. The minimum absolute atomic E-state index is 0.0148. The van der Waals surface area contributed by atoms with Gasteiger partial charge in [-0.3, -0.25) is 19.3 Å². The van der Waals surface area contributed by atoms with Crippen LogP contribution in [0, 0.1) is 5.92 Å². The van der Waals surface area contributed by atoms with Gasteiger partial charge >= 0.3 is 5.97 Å². The Labute approximate surface area is 136 Å². The molecule has 0 aliphatic heterocycles. The molecule has 2 aliphatic carbocycles. The Kier molecular flexibility index (Phi) is 6.38. The van der Waals surface area contributed by atoms with Gasteiger partial charge < -0.3 is 15.7 Å². The maximum absolute atomic E-state index is 11.8. The number of nitrogens with one attached hydrogen (secondary N) is 2. The molecule has 0 heterocycles. The third kappa shape index (κ3) is 6.17. The van der Waals surface area contributed by atoms with Crippen LogP contribution in [0.1, 0.15) is 45.4 Å². The summed E-state index contributed by atoms with van der Waals surface area (Å²) in [5.41, 5.74) is 0. The van der Waals surface area contributed by atoms with Crippen LogP contribution in [0.3, 0.4) is 0 Å². The summed E-state index contributed by atoms with van der Waals surface area (Å²) < 4.78 is 0. The molecule has 2 rings (SSSR count). The molecule has 0 unspecified atom stereocenters. The van der Waals surface area contributed by atoms with Crippen LogP contribution >= 0.6 is 0 Å². The first kappa shape index (κ1) is 17.7. The van der Waals surface area contributed by atoms with Crippen LogP contribution in [-0.2, 0) is 14.4 Å². The predicted octanol–water partition coefficient (Wildman–Crippen LogP) is 0.347. The first-order valence-electron chi connectivity index (χ1n) is 8.49. The normalized spacial score (nSPS) is 23.2. The summed E-state index contributed by atoms with van der Waals surface area (Å²) in [4.78, 5) is 36.1. The molecule has 3 N–H and O–H groups in total. The summed E-state index contributed by atoms with van der Waals surface area (Å²) in [7, 11) is 0. The summed E-state index contributed by atoms with van der Waals surface area (Å²) in [6.07, 6.45) is 5.16. The molecule has 2 saturated carbocycles. The Morgan fingerprint density at radius 1 is 1.17 bits per heavy atom. The second-order valence-electron chi connectivity index (χ2n) is 6.68. The van der Waals surface area contributed by atoms with E-state index in [0.29, 0.717) is 12.3 Å². The molecule has 23 heavy (non-hydrogen) atoms. The molecule has 2 aliphatic rings. The number of aliphatic carboxylic acids is 1. The van der Waals surface area contributed by atoms with E-state index in [9.17, 15) is 14.4 Å². The smallest absolute Gasteiger partial charge is 0.317 e. The number of amides is 2. The molecule has 0 radical (unpaired) electrons. The van der Waals surface area contributed by atoms with Crippen LogP contribution in [0.4, 0.5) is 0 Å². The van der Waals surface area contributed by atoms with Gasteiger partial charge in [-0.2, -0.15) is 0 Å². The zero-order chi connectivity index (χ0) is 16.8. The zero-order valence-corrected chi connectivity index (χ0v) is 13.7.